The molecule has 0 fully saturated rings. The van der Waals surface area contributed by atoms with Crippen molar-refractivity contribution in [2.45, 2.75) is 46.6 Å². The van der Waals surface area contributed by atoms with Crippen LogP contribution in [0.5, 0.6) is 5.75 Å². The highest BCUT2D eigenvalue weighted by Crippen LogP contribution is 2.20. The standard InChI is InChI=1S/C17H25NO4/c1-16(2,3)22-13-8-6-12(7-9-13)14(19)18-11-10-17(4,5)15(20)21/h6-9H,10-11H2,1-5H3,(H,18,19)(H,20,21). The molecule has 0 atom stereocenters. The van der Waals surface area contributed by atoms with Gasteiger partial charge in [-0.3, -0.25) is 9.59 Å². The van der Waals surface area contributed by atoms with Gasteiger partial charge in [0.25, 0.3) is 5.91 Å². The number of benzene rings is 1. The predicted molar refractivity (Wildman–Crippen MR) is 85.2 cm³/mol. The molecule has 0 heterocycles. The zero-order valence-corrected chi connectivity index (χ0v) is 13.9. The van der Waals surface area contributed by atoms with Crippen LogP contribution < -0.4 is 10.1 Å². The Morgan fingerprint density at radius 3 is 2.09 bits per heavy atom. The molecule has 0 radical (unpaired) electrons. The maximum Gasteiger partial charge on any atom is 0.309 e. The molecule has 5 nitrogen and oxygen atoms in total. The summed E-state index contributed by atoms with van der Waals surface area (Å²) in [5.74, 6) is -0.384. The Labute approximate surface area is 131 Å². The van der Waals surface area contributed by atoms with Gasteiger partial charge in [0.1, 0.15) is 11.4 Å². The van der Waals surface area contributed by atoms with Crippen molar-refractivity contribution in [3.8, 4) is 5.75 Å². The lowest BCUT2D eigenvalue weighted by Gasteiger charge is -2.21. The van der Waals surface area contributed by atoms with Gasteiger partial charge in [-0.05, 0) is 65.3 Å². The van der Waals surface area contributed by atoms with Gasteiger partial charge in [-0.2, -0.15) is 0 Å². The van der Waals surface area contributed by atoms with Crippen LogP contribution in [0.2, 0.25) is 0 Å². The number of aliphatic carboxylic acids is 1. The number of hydrogen-bond acceptors (Lipinski definition) is 3. The van der Waals surface area contributed by atoms with Gasteiger partial charge >= 0.3 is 5.97 Å². The summed E-state index contributed by atoms with van der Waals surface area (Å²) in [6.45, 7) is 9.46. The highest BCUT2D eigenvalue weighted by molar-refractivity contribution is 5.94. The van der Waals surface area contributed by atoms with E-state index < -0.39 is 11.4 Å². The number of carboxylic acid groups (broad SMARTS) is 1. The van der Waals surface area contributed by atoms with Gasteiger partial charge in [0.2, 0.25) is 0 Å². The van der Waals surface area contributed by atoms with Gasteiger partial charge in [0.15, 0.2) is 0 Å². The summed E-state index contributed by atoms with van der Waals surface area (Å²) in [4.78, 5) is 23.0. The fraction of sp³-hybridized carbons (Fsp3) is 0.529. The van der Waals surface area contributed by atoms with Gasteiger partial charge < -0.3 is 15.2 Å². The molecular formula is C17H25NO4. The predicted octanol–water partition coefficient (Wildman–Crippen LogP) is 3.09. The number of carboxylic acids is 1. The Kier molecular flexibility index (Phi) is 5.58. The number of nitrogens with one attached hydrogen (secondary N) is 1. The van der Waals surface area contributed by atoms with Gasteiger partial charge in [0, 0.05) is 12.1 Å². The lowest BCUT2D eigenvalue weighted by molar-refractivity contribution is -0.147. The first-order valence-corrected chi connectivity index (χ1v) is 7.32. The molecule has 2 N–H and O–H groups in total. The van der Waals surface area contributed by atoms with Crippen LogP contribution in [-0.2, 0) is 4.79 Å². The van der Waals surface area contributed by atoms with Gasteiger partial charge in [-0.1, -0.05) is 0 Å². The van der Waals surface area contributed by atoms with E-state index in [9.17, 15) is 9.59 Å². The molecule has 0 aromatic heterocycles. The number of ether oxygens (including phenoxy) is 1. The quantitative estimate of drug-likeness (QED) is 0.847. The molecule has 22 heavy (non-hydrogen) atoms. The summed E-state index contributed by atoms with van der Waals surface area (Å²) in [6.07, 6.45) is 0.374. The Balaban J connectivity index is 2.55. The second-order valence-electron chi connectivity index (χ2n) is 6.93. The molecule has 122 valence electrons. The third kappa shape index (κ3) is 5.76. The SMILES string of the molecule is CC(C)(C)Oc1ccc(C(=O)NCCC(C)(C)C(=O)O)cc1. The van der Waals surface area contributed by atoms with E-state index in [2.05, 4.69) is 5.32 Å². The molecule has 1 aromatic rings. The van der Waals surface area contributed by atoms with E-state index in [-0.39, 0.29) is 11.5 Å². The molecule has 1 aromatic carbocycles. The topological polar surface area (TPSA) is 75.6 Å². The summed E-state index contributed by atoms with van der Waals surface area (Å²) >= 11 is 0. The largest absolute Gasteiger partial charge is 0.488 e. The summed E-state index contributed by atoms with van der Waals surface area (Å²) in [5.41, 5.74) is -0.612. The molecule has 1 amide bonds. The smallest absolute Gasteiger partial charge is 0.309 e. The molecule has 0 aliphatic heterocycles. The van der Waals surface area contributed by atoms with Crippen molar-refractivity contribution in [1.29, 1.82) is 0 Å². The van der Waals surface area contributed by atoms with Crippen molar-refractivity contribution in [1.82, 2.24) is 5.32 Å². The van der Waals surface area contributed by atoms with Crippen molar-refractivity contribution in [3.05, 3.63) is 29.8 Å². The fourth-order valence-electron chi connectivity index (χ4n) is 1.73. The number of amides is 1. The van der Waals surface area contributed by atoms with Gasteiger partial charge in [-0.25, -0.2) is 0 Å². The summed E-state index contributed by atoms with van der Waals surface area (Å²) < 4.78 is 5.69. The van der Waals surface area contributed by atoms with Gasteiger partial charge in [0.05, 0.1) is 5.41 Å². The highest BCUT2D eigenvalue weighted by Gasteiger charge is 2.26. The second kappa shape index (κ2) is 6.81. The van der Waals surface area contributed by atoms with E-state index in [1.807, 2.05) is 20.8 Å². The van der Waals surface area contributed by atoms with E-state index in [1.165, 1.54) is 0 Å². The fourth-order valence-corrected chi connectivity index (χ4v) is 1.73. The van der Waals surface area contributed by atoms with Crippen LogP contribution >= 0.6 is 0 Å². The molecule has 0 aliphatic carbocycles. The maximum atomic E-state index is 12.0. The summed E-state index contributed by atoms with van der Waals surface area (Å²) in [5, 5.41) is 11.8. The highest BCUT2D eigenvalue weighted by atomic mass is 16.5. The van der Waals surface area contributed by atoms with E-state index in [0.29, 0.717) is 24.3 Å². The van der Waals surface area contributed by atoms with E-state index in [4.69, 9.17) is 9.84 Å². The van der Waals surface area contributed by atoms with Crippen molar-refractivity contribution in [2.75, 3.05) is 6.54 Å². The third-order valence-electron chi connectivity index (χ3n) is 3.16. The first-order chi connectivity index (χ1) is 10.0. The molecule has 0 unspecified atom stereocenters. The molecule has 0 saturated carbocycles. The molecule has 1 rings (SSSR count). The molecule has 0 saturated heterocycles. The minimum atomic E-state index is -0.870. The van der Waals surface area contributed by atoms with Crippen molar-refractivity contribution in [2.24, 2.45) is 5.41 Å². The third-order valence-corrected chi connectivity index (χ3v) is 3.16. The van der Waals surface area contributed by atoms with Crippen molar-refractivity contribution < 1.29 is 19.4 Å². The van der Waals surface area contributed by atoms with Crippen LogP contribution in [0.25, 0.3) is 0 Å². The van der Waals surface area contributed by atoms with Crippen LogP contribution in [0.15, 0.2) is 24.3 Å². The minimum Gasteiger partial charge on any atom is -0.488 e. The molecule has 0 spiro atoms. The Hall–Kier alpha value is -2.04. The second-order valence-corrected chi connectivity index (χ2v) is 6.93. The summed E-state index contributed by atoms with van der Waals surface area (Å²) in [6, 6.07) is 6.89. The van der Waals surface area contributed by atoms with E-state index >= 15 is 0 Å². The monoisotopic (exact) mass is 307 g/mol. The lowest BCUT2D eigenvalue weighted by Crippen LogP contribution is -2.31. The first kappa shape index (κ1) is 18.0. The van der Waals surface area contributed by atoms with Crippen LogP contribution in [0.4, 0.5) is 0 Å². The van der Waals surface area contributed by atoms with Gasteiger partial charge in [-0.15, -0.1) is 0 Å². The number of rotatable bonds is 6. The minimum absolute atomic E-state index is 0.219. The van der Waals surface area contributed by atoms with Crippen LogP contribution in [0.1, 0.15) is 51.4 Å². The first-order valence-electron chi connectivity index (χ1n) is 7.32. The average molecular weight is 307 g/mol. The maximum absolute atomic E-state index is 12.0. The lowest BCUT2D eigenvalue weighted by atomic mass is 9.90. The number of carbonyl (C=O) groups excluding carboxylic acids is 1. The Bertz CT molecular complexity index is 527. The molecule has 5 heteroatoms. The number of hydrogen-bond donors (Lipinski definition) is 2. The normalized spacial score (nSPS) is 11.9. The average Bonchev–Trinajstić information content (AvgIpc) is 2.37. The van der Waals surface area contributed by atoms with E-state index in [0.717, 1.165) is 0 Å². The zero-order chi connectivity index (χ0) is 17.0. The molecular weight excluding hydrogens is 282 g/mol. The van der Waals surface area contributed by atoms with Crippen LogP contribution in [0.3, 0.4) is 0 Å². The zero-order valence-electron chi connectivity index (χ0n) is 13.9. The number of carbonyl (C=O) groups is 2. The van der Waals surface area contributed by atoms with E-state index in [1.54, 1.807) is 38.1 Å². The van der Waals surface area contributed by atoms with Crippen molar-refractivity contribution in [3.63, 3.8) is 0 Å². The molecule has 0 bridgehead atoms. The van der Waals surface area contributed by atoms with Crippen molar-refractivity contribution >= 4 is 11.9 Å². The van der Waals surface area contributed by atoms with Crippen LogP contribution in [0, 0.1) is 5.41 Å². The molecule has 0 aliphatic rings. The van der Waals surface area contributed by atoms with Crippen LogP contribution in [-0.4, -0.2) is 29.1 Å². The summed E-state index contributed by atoms with van der Waals surface area (Å²) in [7, 11) is 0. The Morgan fingerprint density at radius 2 is 1.64 bits per heavy atom. The Morgan fingerprint density at radius 1 is 1.09 bits per heavy atom.